The molecule has 2 rings (SSSR count). The van der Waals surface area contributed by atoms with Gasteiger partial charge < -0.3 is 0 Å². The first kappa shape index (κ1) is 16.4. The predicted molar refractivity (Wildman–Crippen MR) is 89.1 cm³/mol. The van der Waals surface area contributed by atoms with E-state index >= 15 is 0 Å². The summed E-state index contributed by atoms with van der Waals surface area (Å²) in [5.74, 6) is 0. The number of rotatable bonds is 4. The van der Waals surface area contributed by atoms with Crippen LogP contribution in [-0.4, -0.2) is 25.4 Å². The minimum absolute atomic E-state index is 0.309. The molecule has 6 heteroatoms. The van der Waals surface area contributed by atoms with E-state index in [1.54, 1.807) is 43.4 Å². The van der Waals surface area contributed by atoms with Crippen molar-refractivity contribution < 1.29 is 8.42 Å². The lowest BCUT2D eigenvalue weighted by atomic mass is 10.2. The SMILES string of the molecule is Cc1ccc(S(=O)(=O)N(C)[S+](C)c2ccc(Cl)cc2)cc1. The van der Waals surface area contributed by atoms with E-state index in [1.807, 2.05) is 25.3 Å². The molecule has 0 aliphatic heterocycles. The van der Waals surface area contributed by atoms with Gasteiger partial charge in [-0.2, -0.15) is 0 Å². The molecule has 21 heavy (non-hydrogen) atoms. The van der Waals surface area contributed by atoms with Crippen LogP contribution in [0, 0.1) is 6.92 Å². The predicted octanol–water partition coefficient (Wildman–Crippen LogP) is 3.49. The van der Waals surface area contributed by atoms with Crippen molar-refractivity contribution in [1.29, 1.82) is 0 Å². The molecular weight excluding hydrogens is 326 g/mol. The monoisotopic (exact) mass is 342 g/mol. The van der Waals surface area contributed by atoms with E-state index in [9.17, 15) is 8.42 Å². The van der Waals surface area contributed by atoms with E-state index in [0.29, 0.717) is 9.92 Å². The molecule has 0 saturated heterocycles. The van der Waals surface area contributed by atoms with Crippen molar-refractivity contribution in [3.05, 3.63) is 59.1 Å². The lowest BCUT2D eigenvalue weighted by Gasteiger charge is -2.15. The summed E-state index contributed by atoms with van der Waals surface area (Å²) in [5, 5.41) is 0.639. The quantitative estimate of drug-likeness (QED) is 0.797. The van der Waals surface area contributed by atoms with Crippen LogP contribution in [0.15, 0.2) is 58.3 Å². The minimum Gasteiger partial charge on any atom is -0.203 e. The largest absolute Gasteiger partial charge is 0.282 e. The van der Waals surface area contributed by atoms with Crippen molar-refractivity contribution in [3.8, 4) is 0 Å². The maximum Gasteiger partial charge on any atom is 0.282 e. The van der Waals surface area contributed by atoms with Gasteiger partial charge >= 0.3 is 0 Å². The molecule has 0 fully saturated rings. The van der Waals surface area contributed by atoms with Gasteiger partial charge in [0, 0.05) is 5.02 Å². The van der Waals surface area contributed by atoms with E-state index in [2.05, 4.69) is 0 Å². The van der Waals surface area contributed by atoms with E-state index < -0.39 is 21.1 Å². The summed E-state index contributed by atoms with van der Waals surface area (Å²) in [4.78, 5) is 1.24. The molecule has 0 heterocycles. The van der Waals surface area contributed by atoms with Crippen LogP contribution < -0.4 is 0 Å². The fourth-order valence-electron chi connectivity index (χ4n) is 1.79. The highest BCUT2D eigenvalue weighted by Gasteiger charge is 2.34. The lowest BCUT2D eigenvalue weighted by Crippen LogP contribution is -2.32. The first-order valence-electron chi connectivity index (χ1n) is 6.29. The maximum absolute atomic E-state index is 12.6. The second-order valence-corrected chi connectivity index (χ2v) is 9.27. The number of hydrogen-bond acceptors (Lipinski definition) is 2. The molecule has 0 N–H and O–H groups in total. The Kier molecular flexibility index (Phi) is 4.99. The van der Waals surface area contributed by atoms with Gasteiger partial charge in [-0.1, -0.05) is 29.3 Å². The number of benzene rings is 2. The second-order valence-electron chi connectivity index (χ2n) is 4.66. The van der Waals surface area contributed by atoms with Crippen LogP contribution in [0.3, 0.4) is 0 Å². The Morgan fingerprint density at radius 2 is 1.52 bits per heavy atom. The summed E-state index contributed by atoms with van der Waals surface area (Å²) in [7, 11) is -1.90. The van der Waals surface area contributed by atoms with Gasteiger partial charge in [0.2, 0.25) is 0 Å². The van der Waals surface area contributed by atoms with Crippen LogP contribution in [0.5, 0.6) is 0 Å². The zero-order valence-electron chi connectivity index (χ0n) is 12.1. The van der Waals surface area contributed by atoms with Crippen LogP contribution in [0.1, 0.15) is 5.56 Å². The Balaban J connectivity index is 2.31. The van der Waals surface area contributed by atoms with Crippen molar-refractivity contribution in [2.45, 2.75) is 16.7 Å². The first-order valence-corrected chi connectivity index (χ1v) is 9.70. The molecule has 3 nitrogen and oxygen atoms in total. The molecule has 0 bridgehead atoms. The number of nitrogens with zero attached hydrogens (tertiary/aromatic N) is 1. The average molecular weight is 343 g/mol. The Labute approximate surface area is 134 Å². The highest BCUT2D eigenvalue weighted by atomic mass is 35.5. The maximum atomic E-state index is 12.6. The van der Waals surface area contributed by atoms with Crippen LogP contribution in [-0.2, 0) is 21.1 Å². The van der Waals surface area contributed by atoms with Gasteiger partial charge in [0.25, 0.3) is 10.0 Å². The lowest BCUT2D eigenvalue weighted by molar-refractivity contribution is 0.563. The van der Waals surface area contributed by atoms with E-state index in [0.717, 1.165) is 10.5 Å². The smallest absolute Gasteiger partial charge is 0.203 e. The summed E-state index contributed by atoms with van der Waals surface area (Å²) >= 11 is 5.29. The van der Waals surface area contributed by atoms with Crippen LogP contribution in [0.2, 0.25) is 5.02 Å². The molecule has 1 unspecified atom stereocenters. The third-order valence-electron chi connectivity index (χ3n) is 3.20. The van der Waals surface area contributed by atoms with Crippen molar-refractivity contribution in [2.75, 3.05) is 13.3 Å². The summed E-state index contributed by atoms with van der Waals surface area (Å²) in [6.07, 6.45) is 1.88. The van der Waals surface area contributed by atoms with Crippen LogP contribution >= 0.6 is 11.6 Å². The highest BCUT2D eigenvalue weighted by Crippen LogP contribution is 2.24. The molecule has 0 radical (unpaired) electrons. The van der Waals surface area contributed by atoms with Crippen molar-refractivity contribution in [2.24, 2.45) is 0 Å². The molecule has 0 amide bonds. The van der Waals surface area contributed by atoms with Crippen molar-refractivity contribution in [3.63, 3.8) is 0 Å². The molecule has 2 aromatic rings. The molecule has 1 atom stereocenters. The van der Waals surface area contributed by atoms with Gasteiger partial charge in [0.1, 0.15) is 17.3 Å². The standard InChI is InChI=1S/C15H17ClNO2S2/c1-12-4-10-15(11-5-12)21(18,19)17(2)20(3)14-8-6-13(16)7-9-14/h4-11H,1-3H3/q+1. The molecule has 0 aromatic heterocycles. The first-order chi connectivity index (χ1) is 9.82. The molecule has 112 valence electrons. The van der Waals surface area contributed by atoms with Crippen molar-refractivity contribution in [1.82, 2.24) is 3.71 Å². The Morgan fingerprint density at radius 1 is 1.00 bits per heavy atom. The Morgan fingerprint density at radius 3 is 2.05 bits per heavy atom. The van der Waals surface area contributed by atoms with Gasteiger partial charge in [0.15, 0.2) is 4.90 Å². The van der Waals surface area contributed by atoms with E-state index in [-0.39, 0.29) is 0 Å². The summed E-state index contributed by atoms with van der Waals surface area (Å²) in [6.45, 7) is 1.93. The average Bonchev–Trinajstić information content (AvgIpc) is 2.47. The molecule has 0 aliphatic carbocycles. The Hall–Kier alpha value is -1.01. The fourth-order valence-corrected chi connectivity index (χ4v) is 5.21. The van der Waals surface area contributed by atoms with Crippen LogP contribution in [0.25, 0.3) is 0 Å². The van der Waals surface area contributed by atoms with Gasteiger partial charge in [0.05, 0.1) is 11.9 Å². The van der Waals surface area contributed by atoms with Crippen LogP contribution in [0.4, 0.5) is 0 Å². The van der Waals surface area contributed by atoms with Gasteiger partial charge in [-0.3, -0.25) is 0 Å². The summed E-state index contributed by atoms with van der Waals surface area (Å²) < 4.78 is 26.7. The zero-order valence-corrected chi connectivity index (χ0v) is 14.5. The molecule has 2 aromatic carbocycles. The van der Waals surface area contributed by atoms with Gasteiger partial charge in [-0.05, 0) is 47.0 Å². The number of hydrogen-bond donors (Lipinski definition) is 0. The fraction of sp³-hybridized carbons (Fsp3) is 0.200. The molecule has 0 aliphatic rings. The number of aryl methyl sites for hydroxylation is 1. The summed E-state index contributed by atoms with van der Waals surface area (Å²) in [5.41, 5.74) is 1.03. The third-order valence-corrected chi connectivity index (χ3v) is 7.98. The molecule has 0 spiro atoms. The topological polar surface area (TPSA) is 37.4 Å². The van der Waals surface area contributed by atoms with Gasteiger partial charge in [-0.25, -0.2) is 8.42 Å². The number of sulfonamides is 1. The molecular formula is C15H17ClNO2S2+. The zero-order chi connectivity index (χ0) is 15.6. The normalized spacial score (nSPS) is 13.4. The summed E-state index contributed by atoms with van der Waals surface area (Å²) in [6, 6.07) is 14.1. The van der Waals surface area contributed by atoms with E-state index in [1.165, 1.54) is 3.71 Å². The van der Waals surface area contributed by atoms with Gasteiger partial charge in [-0.15, -0.1) is 0 Å². The Bertz CT molecular complexity index is 712. The number of halogens is 1. The van der Waals surface area contributed by atoms with E-state index in [4.69, 9.17) is 11.6 Å². The second kappa shape index (κ2) is 6.40. The third kappa shape index (κ3) is 3.61. The van der Waals surface area contributed by atoms with Crippen molar-refractivity contribution >= 4 is 32.7 Å². The minimum atomic E-state index is -3.50. The molecule has 0 saturated carbocycles. The highest BCUT2D eigenvalue weighted by molar-refractivity contribution is 8.06.